The van der Waals surface area contributed by atoms with Crippen LogP contribution in [0.3, 0.4) is 0 Å². The lowest BCUT2D eigenvalue weighted by Gasteiger charge is -1.90. The first-order chi connectivity index (χ1) is 4.91. The number of hydrogen-bond donors (Lipinski definition) is 0. The molecule has 0 fully saturated rings. The van der Waals surface area contributed by atoms with Crippen LogP contribution in [0.1, 0.15) is 39.5 Å². The second-order valence-electron chi connectivity index (χ2n) is 2.43. The average molecular weight is 157 g/mol. The molecular weight excluding hydrogens is 139 g/mol. The van der Waals surface area contributed by atoms with Crippen LogP contribution in [-0.2, 0) is 0 Å². The minimum absolute atomic E-state index is 1.25. The van der Waals surface area contributed by atoms with Crippen LogP contribution in [0.5, 0.6) is 0 Å². The van der Waals surface area contributed by atoms with Gasteiger partial charge >= 0.3 is 0 Å². The third-order valence-corrected chi connectivity index (χ3v) is 2.30. The molecule has 0 atom stereocenters. The summed E-state index contributed by atoms with van der Waals surface area (Å²) in [4.78, 5) is 0. The van der Waals surface area contributed by atoms with Crippen LogP contribution in [0.15, 0.2) is 11.9 Å². The van der Waals surface area contributed by atoms with Crippen LogP contribution < -0.4 is 0 Å². The van der Waals surface area contributed by atoms with Gasteiger partial charge in [-0.05, 0) is 19.0 Å². The molecule has 1 heteroatoms. The van der Waals surface area contributed by atoms with Gasteiger partial charge in [0.05, 0.1) is 0 Å². The molecule has 0 saturated heterocycles. The van der Waals surface area contributed by atoms with Crippen molar-refractivity contribution >= 4 is 8.58 Å². The molecule has 0 nitrogen and oxygen atoms in total. The highest BCUT2D eigenvalue weighted by Gasteiger charge is 1.80. The van der Waals surface area contributed by atoms with Gasteiger partial charge in [0.15, 0.2) is 0 Å². The van der Waals surface area contributed by atoms with Crippen LogP contribution in [0.4, 0.5) is 0 Å². The van der Waals surface area contributed by atoms with Gasteiger partial charge in [-0.2, -0.15) is 0 Å². The first kappa shape index (κ1) is 10.2. The van der Waals surface area contributed by atoms with E-state index in [0.29, 0.717) is 0 Å². The standard InChI is InChI=1S/C9H18P/c1-3-5-7-9-10-8-6-4-2/h7,9H,3-6,8H2,1-2H3. The molecular formula is C9H18P. The maximum Gasteiger partial charge on any atom is -0.0250 e. The predicted octanol–water partition coefficient (Wildman–Crippen LogP) is 4.05. The lowest BCUT2D eigenvalue weighted by Crippen LogP contribution is -1.70. The van der Waals surface area contributed by atoms with Crippen molar-refractivity contribution in [3.05, 3.63) is 11.9 Å². The average Bonchev–Trinajstić information content (AvgIpc) is 1.97. The topological polar surface area (TPSA) is 0 Å². The molecule has 0 aliphatic rings. The Balaban J connectivity index is 2.88. The van der Waals surface area contributed by atoms with Crippen molar-refractivity contribution in [1.82, 2.24) is 0 Å². The van der Waals surface area contributed by atoms with Gasteiger partial charge < -0.3 is 0 Å². The minimum Gasteiger partial charge on any atom is -0.0837 e. The Morgan fingerprint density at radius 2 is 2.00 bits per heavy atom. The van der Waals surface area contributed by atoms with E-state index in [1.54, 1.807) is 0 Å². The molecule has 0 spiro atoms. The van der Waals surface area contributed by atoms with Crippen molar-refractivity contribution in [2.75, 3.05) is 6.16 Å². The number of allylic oxidation sites excluding steroid dienone is 1. The van der Waals surface area contributed by atoms with E-state index in [2.05, 4.69) is 25.7 Å². The van der Waals surface area contributed by atoms with Crippen molar-refractivity contribution in [3.63, 3.8) is 0 Å². The Kier molecular flexibility index (Phi) is 9.33. The molecule has 0 aliphatic heterocycles. The first-order valence-corrected chi connectivity index (χ1v) is 5.38. The van der Waals surface area contributed by atoms with Crippen LogP contribution >= 0.6 is 8.58 Å². The van der Waals surface area contributed by atoms with E-state index in [0.717, 1.165) is 0 Å². The maximum absolute atomic E-state index is 2.29. The van der Waals surface area contributed by atoms with Gasteiger partial charge in [-0.1, -0.05) is 47.2 Å². The highest BCUT2D eigenvalue weighted by molar-refractivity contribution is 7.41. The fourth-order valence-electron chi connectivity index (χ4n) is 0.640. The molecule has 0 rings (SSSR count). The first-order valence-electron chi connectivity index (χ1n) is 4.23. The summed E-state index contributed by atoms with van der Waals surface area (Å²) in [7, 11) is 1.50. The third-order valence-electron chi connectivity index (χ3n) is 1.31. The molecule has 0 N–H and O–H groups in total. The largest absolute Gasteiger partial charge is 0.0837 e. The molecule has 0 amide bonds. The second-order valence-corrected chi connectivity index (χ2v) is 3.54. The van der Waals surface area contributed by atoms with E-state index in [1.807, 2.05) is 0 Å². The monoisotopic (exact) mass is 157 g/mol. The third kappa shape index (κ3) is 8.17. The summed E-state index contributed by atoms with van der Waals surface area (Å²) in [6.45, 7) is 4.46. The lowest BCUT2D eigenvalue weighted by molar-refractivity contribution is 0.895. The van der Waals surface area contributed by atoms with Crippen molar-refractivity contribution < 1.29 is 0 Å². The molecule has 0 aliphatic carbocycles. The van der Waals surface area contributed by atoms with Crippen molar-refractivity contribution in [3.8, 4) is 0 Å². The van der Waals surface area contributed by atoms with Crippen molar-refractivity contribution in [2.24, 2.45) is 0 Å². The van der Waals surface area contributed by atoms with Gasteiger partial charge in [0.2, 0.25) is 0 Å². The molecule has 0 heterocycles. The quantitative estimate of drug-likeness (QED) is 0.403. The number of rotatable bonds is 6. The van der Waals surface area contributed by atoms with Crippen molar-refractivity contribution in [2.45, 2.75) is 39.5 Å². The molecule has 59 valence electrons. The fraction of sp³-hybridized carbons (Fsp3) is 0.778. The normalized spacial score (nSPS) is 12.2. The summed E-state index contributed by atoms with van der Waals surface area (Å²) < 4.78 is 0. The zero-order chi connectivity index (χ0) is 7.66. The second kappa shape index (κ2) is 9.17. The lowest BCUT2D eigenvalue weighted by atomic mass is 10.3. The summed E-state index contributed by atoms with van der Waals surface area (Å²) in [5, 5.41) is 0. The number of hydrogen-bond acceptors (Lipinski definition) is 0. The van der Waals surface area contributed by atoms with E-state index in [4.69, 9.17) is 0 Å². The van der Waals surface area contributed by atoms with Crippen LogP contribution in [0, 0.1) is 0 Å². The summed E-state index contributed by atoms with van der Waals surface area (Å²) in [5.41, 5.74) is 0. The molecule has 0 unspecified atom stereocenters. The van der Waals surface area contributed by atoms with Crippen LogP contribution in [0.2, 0.25) is 0 Å². The fourth-order valence-corrected chi connectivity index (χ4v) is 1.59. The van der Waals surface area contributed by atoms with Gasteiger partial charge in [-0.25, -0.2) is 0 Å². The smallest absolute Gasteiger partial charge is 0.0250 e. The van der Waals surface area contributed by atoms with Gasteiger partial charge in [-0.15, -0.1) is 0 Å². The van der Waals surface area contributed by atoms with Gasteiger partial charge in [-0.3, -0.25) is 0 Å². The molecule has 0 aromatic heterocycles. The Bertz CT molecular complexity index is 76.8. The summed E-state index contributed by atoms with van der Waals surface area (Å²) in [6.07, 6.45) is 8.86. The van der Waals surface area contributed by atoms with Gasteiger partial charge in [0.1, 0.15) is 0 Å². The molecule has 0 aromatic carbocycles. The van der Waals surface area contributed by atoms with E-state index >= 15 is 0 Å². The molecule has 1 radical (unpaired) electrons. The molecule has 10 heavy (non-hydrogen) atoms. The van der Waals surface area contributed by atoms with E-state index < -0.39 is 0 Å². The molecule has 0 aromatic rings. The Morgan fingerprint density at radius 1 is 1.20 bits per heavy atom. The molecule has 0 bridgehead atoms. The highest BCUT2D eigenvalue weighted by atomic mass is 31.1. The summed E-state index contributed by atoms with van der Waals surface area (Å²) >= 11 is 0. The van der Waals surface area contributed by atoms with E-state index in [1.165, 1.54) is 40.4 Å². The van der Waals surface area contributed by atoms with E-state index in [-0.39, 0.29) is 0 Å². The molecule has 0 saturated carbocycles. The summed E-state index contributed by atoms with van der Waals surface area (Å²) in [6, 6.07) is 0. The zero-order valence-electron chi connectivity index (χ0n) is 7.14. The van der Waals surface area contributed by atoms with Gasteiger partial charge in [0, 0.05) is 0 Å². The van der Waals surface area contributed by atoms with Gasteiger partial charge in [0.25, 0.3) is 0 Å². The Hall–Kier alpha value is 0.170. The Morgan fingerprint density at radius 3 is 2.60 bits per heavy atom. The van der Waals surface area contributed by atoms with Crippen molar-refractivity contribution in [1.29, 1.82) is 0 Å². The predicted molar refractivity (Wildman–Crippen MR) is 50.7 cm³/mol. The summed E-state index contributed by atoms with van der Waals surface area (Å²) in [5.74, 6) is 2.29. The van der Waals surface area contributed by atoms with Crippen LogP contribution in [0.25, 0.3) is 0 Å². The SMILES string of the molecule is CCCC=C[P]CCCC. The zero-order valence-corrected chi connectivity index (χ0v) is 8.03. The van der Waals surface area contributed by atoms with Crippen LogP contribution in [-0.4, -0.2) is 6.16 Å². The maximum atomic E-state index is 2.29. The van der Waals surface area contributed by atoms with E-state index in [9.17, 15) is 0 Å². The highest BCUT2D eigenvalue weighted by Crippen LogP contribution is 2.14. The number of unbranched alkanes of at least 4 members (excludes halogenated alkanes) is 2. The Labute approximate surface area is 66.9 Å². The minimum atomic E-state index is 1.25.